The van der Waals surface area contributed by atoms with Gasteiger partial charge in [-0.2, -0.15) is 0 Å². The summed E-state index contributed by atoms with van der Waals surface area (Å²) in [5.41, 5.74) is 3.90. The van der Waals surface area contributed by atoms with Crippen molar-refractivity contribution in [1.82, 2.24) is 10.2 Å². The molecule has 0 spiro atoms. The third-order valence-electron chi connectivity index (χ3n) is 6.12. The average molecular weight is 494 g/mol. The van der Waals surface area contributed by atoms with E-state index in [2.05, 4.69) is 10.6 Å². The summed E-state index contributed by atoms with van der Waals surface area (Å²) in [6.45, 7) is 10.9. The van der Waals surface area contributed by atoms with Gasteiger partial charge in [0.25, 0.3) is 0 Å². The van der Waals surface area contributed by atoms with Crippen LogP contribution in [0.1, 0.15) is 64.1 Å². The molecule has 0 saturated heterocycles. The van der Waals surface area contributed by atoms with E-state index < -0.39 is 6.04 Å². The molecule has 6 nitrogen and oxygen atoms in total. The Balaban J connectivity index is 1.83. The molecule has 35 heavy (non-hydrogen) atoms. The number of amides is 1. The average Bonchev–Trinajstić information content (AvgIpc) is 2.84. The summed E-state index contributed by atoms with van der Waals surface area (Å²) in [5, 5.41) is 6.90. The van der Waals surface area contributed by atoms with E-state index in [4.69, 9.17) is 17.0 Å². The molecule has 0 aliphatic carbocycles. The fourth-order valence-electron chi connectivity index (χ4n) is 4.24. The first-order valence-electron chi connectivity index (χ1n) is 12.2. The van der Waals surface area contributed by atoms with Gasteiger partial charge in [-0.05, 0) is 61.7 Å². The number of nitrogens with one attached hydrogen (secondary N) is 2. The quantitative estimate of drug-likeness (QED) is 0.353. The maximum atomic E-state index is 13.1. The molecular weight excluding hydrogens is 458 g/mol. The molecule has 1 heterocycles. The highest BCUT2D eigenvalue weighted by Crippen LogP contribution is 2.32. The minimum atomic E-state index is -0.428. The molecule has 2 N–H and O–H groups in total. The highest BCUT2D eigenvalue weighted by Gasteiger charge is 2.34. The van der Waals surface area contributed by atoms with Gasteiger partial charge < -0.3 is 20.3 Å². The van der Waals surface area contributed by atoms with Crippen LogP contribution in [-0.4, -0.2) is 35.0 Å². The van der Waals surface area contributed by atoms with E-state index in [0.717, 1.165) is 16.8 Å². The number of allylic oxidation sites excluding steroid dienone is 1. The predicted octanol–water partition coefficient (Wildman–Crippen LogP) is 5.54. The van der Waals surface area contributed by atoms with Crippen LogP contribution in [0.25, 0.3) is 0 Å². The molecule has 2 aromatic rings. The fourth-order valence-corrected chi connectivity index (χ4v) is 4.63. The zero-order valence-corrected chi connectivity index (χ0v) is 21.9. The van der Waals surface area contributed by atoms with E-state index in [0.29, 0.717) is 35.9 Å². The van der Waals surface area contributed by atoms with Gasteiger partial charge in [0.1, 0.15) is 0 Å². The number of esters is 1. The Morgan fingerprint density at radius 3 is 2.31 bits per heavy atom. The molecule has 0 fully saturated rings. The molecule has 7 heteroatoms. The van der Waals surface area contributed by atoms with Crippen molar-refractivity contribution < 1.29 is 14.3 Å². The largest absolute Gasteiger partial charge is 0.462 e. The second-order valence-electron chi connectivity index (χ2n) is 9.10. The standard InChI is InChI=1S/C28H35N3O3S/c1-6-23(20-11-9-8-10-12-20)26(32)29-22-15-13-21(14-16-22)25-24(27(33)34-17-18(3)4)19(5)31(7-2)28(35)30-25/h8-16,18,23,25H,6-7,17H2,1-5H3,(H,29,32)(H,30,35)/t23-,25+/m1/s1. The van der Waals surface area contributed by atoms with Crippen molar-refractivity contribution in [3.05, 3.63) is 77.0 Å². The van der Waals surface area contributed by atoms with Crippen molar-refractivity contribution in [2.75, 3.05) is 18.5 Å². The second-order valence-corrected chi connectivity index (χ2v) is 9.49. The summed E-state index contributed by atoms with van der Waals surface area (Å²) < 4.78 is 5.59. The predicted molar refractivity (Wildman–Crippen MR) is 144 cm³/mol. The molecule has 3 rings (SSSR count). The monoisotopic (exact) mass is 493 g/mol. The Morgan fingerprint density at radius 2 is 1.74 bits per heavy atom. The lowest BCUT2D eigenvalue weighted by Crippen LogP contribution is -2.47. The van der Waals surface area contributed by atoms with Crippen LogP contribution in [0.15, 0.2) is 65.9 Å². The molecular formula is C28H35N3O3S. The number of ether oxygens (including phenoxy) is 1. The van der Waals surface area contributed by atoms with Crippen molar-refractivity contribution >= 4 is 34.9 Å². The van der Waals surface area contributed by atoms with Gasteiger partial charge in [0.2, 0.25) is 5.91 Å². The molecule has 1 aliphatic rings. The Labute approximate surface area is 213 Å². The third-order valence-corrected chi connectivity index (χ3v) is 6.46. The van der Waals surface area contributed by atoms with E-state index >= 15 is 0 Å². The Kier molecular flexibility index (Phi) is 9.04. The molecule has 0 saturated carbocycles. The van der Waals surface area contributed by atoms with E-state index in [1.54, 1.807) is 0 Å². The summed E-state index contributed by atoms with van der Waals surface area (Å²) in [6, 6.07) is 16.9. The number of benzene rings is 2. The molecule has 0 bridgehead atoms. The molecule has 1 amide bonds. The molecule has 2 aromatic carbocycles. The molecule has 0 radical (unpaired) electrons. The lowest BCUT2D eigenvalue weighted by molar-refractivity contribution is -0.140. The number of nitrogens with zero attached hydrogens (tertiary/aromatic N) is 1. The number of hydrogen-bond acceptors (Lipinski definition) is 4. The molecule has 1 aliphatic heterocycles. The first-order chi connectivity index (χ1) is 16.8. The summed E-state index contributed by atoms with van der Waals surface area (Å²) >= 11 is 5.57. The van der Waals surface area contributed by atoms with E-state index in [9.17, 15) is 9.59 Å². The van der Waals surface area contributed by atoms with Gasteiger partial charge in [-0.25, -0.2) is 4.79 Å². The van der Waals surface area contributed by atoms with Crippen LogP contribution in [-0.2, 0) is 14.3 Å². The zero-order chi connectivity index (χ0) is 25.5. The minimum absolute atomic E-state index is 0.0456. The van der Waals surface area contributed by atoms with Gasteiger partial charge in [0.15, 0.2) is 5.11 Å². The highest BCUT2D eigenvalue weighted by molar-refractivity contribution is 7.80. The maximum Gasteiger partial charge on any atom is 0.338 e. The van der Waals surface area contributed by atoms with Crippen molar-refractivity contribution in [3.63, 3.8) is 0 Å². The SMILES string of the molecule is CC[C@@H](C(=O)Nc1ccc([C@@H]2NC(=S)N(CC)C(C)=C2C(=O)OCC(C)C)cc1)c1ccccc1. The van der Waals surface area contributed by atoms with Gasteiger partial charge in [-0.1, -0.05) is 63.2 Å². The van der Waals surface area contributed by atoms with Crippen LogP contribution < -0.4 is 10.6 Å². The van der Waals surface area contributed by atoms with Crippen LogP contribution in [0.4, 0.5) is 5.69 Å². The van der Waals surface area contributed by atoms with Crippen LogP contribution in [0.5, 0.6) is 0 Å². The minimum Gasteiger partial charge on any atom is -0.462 e. The number of carbonyl (C=O) groups excluding carboxylic acids is 2. The maximum absolute atomic E-state index is 13.1. The fraction of sp³-hybridized carbons (Fsp3) is 0.393. The van der Waals surface area contributed by atoms with Gasteiger partial charge >= 0.3 is 5.97 Å². The first kappa shape index (κ1) is 26.4. The number of carbonyl (C=O) groups is 2. The van der Waals surface area contributed by atoms with Crippen LogP contribution in [0, 0.1) is 5.92 Å². The molecule has 0 unspecified atom stereocenters. The number of hydrogen-bond donors (Lipinski definition) is 2. The Bertz CT molecular complexity index is 1080. The van der Waals surface area contributed by atoms with E-state index in [-0.39, 0.29) is 23.7 Å². The van der Waals surface area contributed by atoms with Crippen LogP contribution >= 0.6 is 12.2 Å². The lowest BCUT2D eigenvalue weighted by atomic mass is 9.94. The number of anilines is 1. The van der Waals surface area contributed by atoms with Crippen LogP contribution in [0.2, 0.25) is 0 Å². The summed E-state index contributed by atoms with van der Waals surface area (Å²) in [6.07, 6.45) is 0.706. The van der Waals surface area contributed by atoms with Gasteiger partial charge in [0.05, 0.1) is 24.1 Å². The summed E-state index contributed by atoms with van der Waals surface area (Å²) in [7, 11) is 0. The van der Waals surface area contributed by atoms with Crippen molar-refractivity contribution in [2.24, 2.45) is 5.92 Å². The van der Waals surface area contributed by atoms with Crippen molar-refractivity contribution in [2.45, 2.75) is 53.0 Å². The topological polar surface area (TPSA) is 70.7 Å². The number of rotatable bonds is 9. The van der Waals surface area contributed by atoms with Crippen molar-refractivity contribution in [1.29, 1.82) is 0 Å². The van der Waals surface area contributed by atoms with Gasteiger partial charge in [-0.3, -0.25) is 4.79 Å². The lowest BCUT2D eigenvalue weighted by Gasteiger charge is -2.37. The third kappa shape index (κ3) is 6.28. The summed E-state index contributed by atoms with van der Waals surface area (Å²) in [5.74, 6) is -0.374. The smallest absolute Gasteiger partial charge is 0.338 e. The Morgan fingerprint density at radius 1 is 1.09 bits per heavy atom. The van der Waals surface area contributed by atoms with Crippen LogP contribution in [0.3, 0.4) is 0 Å². The zero-order valence-electron chi connectivity index (χ0n) is 21.1. The van der Waals surface area contributed by atoms with Gasteiger partial charge in [0, 0.05) is 17.9 Å². The highest BCUT2D eigenvalue weighted by atomic mass is 32.1. The van der Waals surface area contributed by atoms with Gasteiger partial charge in [-0.15, -0.1) is 0 Å². The number of thiocarbonyl (C=S) groups is 1. The van der Waals surface area contributed by atoms with Crippen molar-refractivity contribution in [3.8, 4) is 0 Å². The first-order valence-corrected chi connectivity index (χ1v) is 12.6. The van der Waals surface area contributed by atoms with E-state index in [1.165, 1.54) is 0 Å². The molecule has 186 valence electrons. The summed E-state index contributed by atoms with van der Waals surface area (Å²) in [4.78, 5) is 27.9. The Hall–Kier alpha value is -3.19. The normalized spacial score (nSPS) is 16.7. The van der Waals surface area contributed by atoms with E-state index in [1.807, 2.05) is 94.1 Å². The molecule has 2 atom stereocenters. The second kappa shape index (κ2) is 12.0. The molecule has 0 aromatic heterocycles.